The lowest BCUT2D eigenvalue weighted by atomic mass is 10.2. The van der Waals surface area contributed by atoms with Gasteiger partial charge in [-0.15, -0.1) is 0 Å². The van der Waals surface area contributed by atoms with Crippen LogP contribution in [0.5, 0.6) is 0 Å². The Labute approximate surface area is 113 Å². The van der Waals surface area contributed by atoms with Crippen molar-refractivity contribution < 1.29 is 14.6 Å². The van der Waals surface area contributed by atoms with E-state index < -0.39 is 11.7 Å². The molecule has 0 saturated heterocycles. The van der Waals surface area contributed by atoms with E-state index in [0.717, 1.165) is 0 Å². The summed E-state index contributed by atoms with van der Waals surface area (Å²) in [5, 5.41) is 9.51. The van der Waals surface area contributed by atoms with Crippen LogP contribution in [0.1, 0.15) is 5.56 Å². The van der Waals surface area contributed by atoms with Crippen molar-refractivity contribution >= 4 is 29.2 Å². The van der Waals surface area contributed by atoms with Gasteiger partial charge in [0.1, 0.15) is 6.61 Å². The summed E-state index contributed by atoms with van der Waals surface area (Å²) in [5.74, 6) is 3.36. The van der Waals surface area contributed by atoms with Crippen LogP contribution in [0.2, 0.25) is 10.0 Å². The lowest BCUT2D eigenvalue weighted by Crippen LogP contribution is -2.30. The third kappa shape index (κ3) is 3.69. The van der Waals surface area contributed by atoms with E-state index in [1.165, 1.54) is 0 Å². The molecule has 1 rings (SSSR count). The van der Waals surface area contributed by atoms with Crippen LogP contribution in [0.25, 0.3) is 0 Å². The summed E-state index contributed by atoms with van der Waals surface area (Å²) in [6, 6.07) is 4.87. The minimum absolute atomic E-state index is 0.0428. The topological polar surface area (TPSA) is 111 Å². The maximum atomic E-state index is 10.7. The quantitative estimate of drug-likeness (QED) is 0.281. The van der Waals surface area contributed by atoms with Gasteiger partial charge >= 0.3 is 5.97 Å². The van der Waals surface area contributed by atoms with Crippen molar-refractivity contribution in [3.63, 3.8) is 0 Å². The summed E-state index contributed by atoms with van der Waals surface area (Å²) < 4.78 is 5.07. The Morgan fingerprint density at radius 3 is 2.56 bits per heavy atom. The Hall–Kier alpha value is -1.63. The minimum Gasteiger partial charge on any atom is -0.476 e. The van der Waals surface area contributed by atoms with Gasteiger partial charge in [-0.2, -0.15) is 0 Å². The van der Waals surface area contributed by atoms with Crippen molar-refractivity contribution in [1.29, 1.82) is 0 Å². The highest BCUT2D eigenvalue weighted by Gasteiger charge is 2.12. The summed E-state index contributed by atoms with van der Waals surface area (Å²) >= 11 is 11.6. The van der Waals surface area contributed by atoms with Crippen molar-refractivity contribution in [2.75, 3.05) is 0 Å². The molecule has 0 heterocycles. The van der Waals surface area contributed by atoms with Gasteiger partial charge in [-0.05, 0) is 17.7 Å². The van der Waals surface area contributed by atoms with Gasteiger partial charge < -0.3 is 21.0 Å². The van der Waals surface area contributed by atoms with Gasteiger partial charge in [-0.25, -0.2) is 4.79 Å². The van der Waals surface area contributed by atoms with Crippen LogP contribution < -0.4 is 17.0 Å². The van der Waals surface area contributed by atoms with E-state index in [-0.39, 0.29) is 12.5 Å². The molecule has 0 fully saturated rings. The van der Waals surface area contributed by atoms with Crippen LogP contribution in [-0.2, 0) is 16.1 Å². The second-order valence-electron chi connectivity index (χ2n) is 3.23. The first-order chi connectivity index (χ1) is 8.45. The highest BCUT2D eigenvalue weighted by atomic mass is 35.5. The van der Waals surface area contributed by atoms with E-state index in [0.29, 0.717) is 15.6 Å². The fourth-order valence-electron chi connectivity index (χ4n) is 1.10. The molecule has 6 nitrogen and oxygen atoms in total. The minimum atomic E-state index is -1.32. The Balaban J connectivity index is 2.75. The number of carboxylic acids is 1. The molecule has 1 aromatic rings. The second kappa shape index (κ2) is 6.34. The number of benzene rings is 1. The Bertz CT molecular complexity index is 491. The van der Waals surface area contributed by atoms with E-state index >= 15 is 0 Å². The van der Waals surface area contributed by atoms with Crippen molar-refractivity contribution in [3.05, 3.63) is 45.4 Å². The van der Waals surface area contributed by atoms with E-state index in [9.17, 15) is 4.79 Å². The molecular formula is C10H11Cl2N3O3. The number of nitrogens with two attached hydrogens (primary N) is 2. The lowest BCUT2D eigenvalue weighted by Gasteiger charge is -2.10. The molecule has 0 saturated carbocycles. The Kier molecular flexibility index (Phi) is 5.08. The van der Waals surface area contributed by atoms with Crippen molar-refractivity contribution in [2.45, 2.75) is 6.61 Å². The fourth-order valence-corrected chi connectivity index (χ4v) is 1.42. The first kappa shape index (κ1) is 14.4. The molecule has 1 aromatic carbocycles. The number of rotatable bonds is 5. The molecule has 8 heteroatoms. The monoisotopic (exact) mass is 291 g/mol. The van der Waals surface area contributed by atoms with Crippen LogP contribution in [0.15, 0.2) is 29.8 Å². The standard InChI is InChI=1S/C10H11Cl2N3O3/c11-6-2-1-5(3-7(6)12)4-18-9(13)8(15-14)10(16)17/h1-3,15H,4,13-14H2,(H,16,17)/b9-8+. The van der Waals surface area contributed by atoms with Crippen molar-refractivity contribution in [1.82, 2.24) is 5.43 Å². The molecule has 0 atom stereocenters. The van der Waals surface area contributed by atoms with E-state index in [1.807, 2.05) is 5.43 Å². The van der Waals surface area contributed by atoms with Gasteiger partial charge in [-0.3, -0.25) is 5.84 Å². The van der Waals surface area contributed by atoms with Gasteiger partial charge in [0.25, 0.3) is 0 Å². The average Bonchev–Trinajstić information content (AvgIpc) is 2.31. The highest BCUT2D eigenvalue weighted by molar-refractivity contribution is 6.42. The third-order valence-corrected chi connectivity index (χ3v) is 2.72. The number of carboxylic acid groups (broad SMARTS) is 1. The summed E-state index contributed by atoms with van der Waals surface area (Å²) in [6.07, 6.45) is 0. The number of hydrogen-bond acceptors (Lipinski definition) is 5. The molecule has 0 aliphatic heterocycles. The molecule has 18 heavy (non-hydrogen) atoms. The van der Waals surface area contributed by atoms with Crippen LogP contribution in [0, 0.1) is 0 Å². The van der Waals surface area contributed by atoms with E-state index in [2.05, 4.69) is 0 Å². The zero-order chi connectivity index (χ0) is 13.7. The third-order valence-electron chi connectivity index (χ3n) is 1.98. The molecule has 0 spiro atoms. The number of nitrogens with one attached hydrogen (secondary N) is 1. The first-order valence-electron chi connectivity index (χ1n) is 4.72. The molecule has 0 radical (unpaired) electrons. The predicted octanol–water partition coefficient (Wildman–Crippen LogP) is 1.19. The molecule has 6 N–H and O–H groups in total. The van der Waals surface area contributed by atoms with Gasteiger partial charge in [0, 0.05) is 0 Å². The summed E-state index contributed by atoms with van der Waals surface area (Å²) in [5.41, 5.74) is 7.63. The second-order valence-corrected chi connectivity index (χ2v) is 4.04. The van der Waals surface area contributed by atoms with Crippen LogP contribution >= 0.6 is 23.2 Å². The Morgan fingerprint density at radius 2 is 2.06 bits per heavy atom. The number of hydrogen-bond donors (Lipinski definition) is 4. The maximum absolute atomic E-state index is 10.7. The molecule has 0 unspecified atom stereocenters. The summed E-state index contributed by atoms with van der Waals surface area (Å²) in [6.45, 7) is 0.0428. The zero-order valence-electron chi connectivity index (χ0n) is 9.11. The molecule has 0 aromatic heterocycles. The summed E-state index contributed by atoms with van der Waals surface area (Å²) in [4.78, 5) is 10.7. The van der Waals surface area contributed by atoms with Crippen molar-refractivity contribution in [2.24, 2.45) is 11.6 Å². The number of hydrazine groups is 1. The number of halogens is 2. The van der Waals surface area contributed by atoms with Gasteiger partial charge in [-0.1, -0.05) is 29.3 Å². The molecule has 0 amide bonds. The number of ether oxygens (including phenoxy) is 1. The van der Waals surface area contributed by atoms with Crippen LogP contribution in [0.4, 0.5) is 0 Å². The molecule has 98 valence electrons. The van der Waals surface area contributed by atoms with Crippen LogP contribution in [-0.4, -0.2) is 11.1 Å². The highest BCUT2D eigenvalue weighted by Crippen LogP contribution is 2.23. The molecule has 0 aliphatic carbocycles. The largest absolute Gasteiger partial charge is 0.476 e. The smallest absolute Gasteiger partial charge is 0.358 e. The van der Waals surface area contributed by atoms with Crippen molar-refractivity contribution in [3.8, 4) is 0 Å². The SMILES string of the molecule is NN/C(C(=O)O)=C(\N)OCc1ccc(Cl)c(Cl)c1. The number of aliphatic carboxylic acids is 1. The Morgan fingerprint density at radius 1 is 1.39 bits per heavy atom. The van der Waals surface area contributed by atoms with E-state index in [4.69, 9.17) is 44.6 Å². The lowest BCUT2D eigenvalue weighted by molar-refractivity contribution is -0.133. The molecule has 0 aliphatic rings. The number of carbonyl (C=O) groups is 1. The zero-order valence-corrected chi connectivity index (χ0v) is 10.6. The fraction of sp³-hybridized carbons (Fsp3) is 0.100. The first-order valence-corrected chi connectivity index (χ1v) is 5.47. The molecular weight excluding hydrogens is 281 g/mol. The van der Waals surface area contributed by atoms with Gasteiger partial charge in [0.05, 0.1) is 10.0 Å². The van der Waals surface area contributed by atoms with Gasteiger partial charge in [0.15, 0.2) is 5.70 Å². The average molecular weight is 292 g/mol. The molecule has 0 bridgehead atoms. The predicted molar refractivity (Wildman–Crippen MR) is 67.4 cm³/mol. The van der Waals surface area contributed by atoms with Crippen LogP contribution in [0.3, 0.4) is 0 Å². The normalized spacial score (nSPS) is 11.7. The van der Waals surface area contributed by atoms with Gasteiger partial charge in [0.2, 0.25) is 5.88 Å². The maximum Gasteiger partial charge on any atom is 0.358 e. The summed E-state index contributed by atoms with van der Waals surface area (Å²) in [7, 11) is 0. The van der Waals surface area contributed by atoms with E-state index in [1.54, 1.807) is 18.2 Å².